The van der Waals surface area contributed by atoms with Gasteiger partial charge in [-0.25, -0.2) is 4.79 Å². The molecule has 0 aliphatic carbocycles. The van der Waals surface area contributed by atoms with Crippen LogP contribution in [0, 0.1) is 0 Å². The normalized spacial score (nSPS) is 14.1. The molecular weight excluding hydrogens is 302 g/mol. The maximum absolute atomic E-state index is 12.5. The fourth-order valence-corrected chi connectivity index (χ4v) is 2.89. The SMILES string of the molecule is CCc1ccccc1NC(=O)CN1CCN(c2ccccc2)C1=O. The molecule has 3 rings (SSSR count). The largest absolute Gasteiger partial charge is 0.325 e. The Morgan fingerprint density at radius 2 is 1.75 bits per heavy atom. The van der Waals surface area contributed by atoms with Crippen LogP contribution in [0.4, 0.5) is 16.2 Å². The third-order valence-electron chi connectivity index (χ3n) is 4.17. The number of nitrogens with one attached hydrogen (secondary N) is 1. The van der Waals surface area contributed by atoms with Crippen molar-refractivity contribution < 1.29 is 9.59 Å². The van der Waals surface area contributed by atoms with E-state index in [9.17, 15) is 9.59 Å². The number of carbonyl (C=O) groups is 2. The monoisotopic (exact) mass is 323 g/mol. The van der Waals surface area contributed by atoms with Gasteiger partial charge in [0, 0.05) is 24.5 Å². The number of para-hydroxylation sites is 2. The second-order valence-electron chi connectivity index (χ2n) is 5.75. The molecule has 1 N–H and O–H groups in total. The lowest BCUT2D eigenvalue weighted by atomic mass is 10.1. The summed E-state index contributed by atoms with van der Waals surface area (Å²) in [5, 5.41) is 2.91. The van der Waals surface area contributed by atoms with Crippen molar-refractivity contribution in [1.29, 1.82) is 0 Å². The summed E-state index contributed by atoms with van der Waals surface area (Å²) in [5.74, 6) is -0.167. The maximum atomic E-state index is 12.5. The number of hydrogen-bond acceptors (Lipinski definition) is 2. The molecule has 3 amide bonds. The highest BCUT2D eigenvalue weighted by molar-refractivity contribution is 5.99. The van der Waals surface area contributed by atoms with Crippen LogP contribution in [0.3, 0.4) is 0 Å². The first-order valence-electron chi connectivity index (χ1n) is 8.18. The molecule has 0 saturated carbocycles. The summed E-state index contributed by atoms with van der Waals surface area (Å²) in [4.78, 5) is 28.1. The Bertz CT molecular complexity index is 730. The van der Waals surface area contributed by atoms with E-state index in [0.717, 1.165) is 23.4 Å². The maximum Gasteiger partial charge on any atom is 0.325 e. The summed E-state index contributed by atoms with van der Waals surface area (Å²) < 4.78 is 0. The van der Waals surface area contributed by atoms with Crippen molar-refractivity contribution in [3.05, 3.63) is 60.2 Å². The molecule has 5 nitrogen and oxygen atoms in total. The highest BCUT2D eigenvalue weighted by atomic mass is 16.2. The Morgan fingerprint density at radius 3 is 2.50 bits per heavy atom. The third-order valence-corrected chi connectivity index (χ3v) is 4.17. The first kappa shape index (κ1) is 16.1. The molecule has 0 aromatic heterocycles. The second-order valence-corrected chi connectivity index (χ2v) is 5.75. The molecule has 0 bridgehead atoms. The number of carbonyl (C=O) groups excluding carboxylic acids is 2. The van der Waals surface area contributed by atoms with E-state index in [4.69, 9.17) is 0 Å². The van der Waals surface area contributed by atoms with E-state index in [1.165, 1.54) is 0 Å². The van der Waals surface area contributed by atoms with Gasteiger partial charge in [-0.05, 0) is 30.2 Å². The average molecular weight is 323 g/mol. The minimum atomic E-state index is -0.167. The van der Waals surface area contributed by atoms with Crippen molar-refractivity contribution in [3.8, 4) is 0 Å². The number of aryl methyl sites for hydroxylation is 1. The Balaban J connectivity index is 1.62. The van der Waals surface area contributed by atoms with Crippen LogP contribution in [0.5, 0.6) is 0 Å². The van der Waals surface area contributed by atoms with Crippen LogP contribution < -0.4 is 10.2 Å². The van der Waals surface area contributed by atoms with E-state index < -0.39 is 0 Å². The number of benzene rings is 2. The molecule has 0 radical (unpaired) electrons. The van der Waals surface area contributed by atoms with Gasteiger partial charge < -0.3 is 10.2 Å². The van der Waals surface area contributed by atoms with Gasteiger partial charge in [-0.1, -0.05) is 43.3 Å². The molecule has 0 spiro atoms. The van der Waals surface area contributed by atoms with Gasteiger partial charge in [0.2, 0.25) is 5.91 Å². The summed E-state index contributed by atoms with van der Waals surface area (Å²) in [7, 11) is 0. The van der Waals surface area contributed by atoms with Crippen LogP contribution >= 0.6 is 0 Å². The fourth-order valence-electron chi connectivity index (χ4n) is 2.89. The summed E-state index contributed by atoms with van der Waals surface area (Å²) in [6, 6.07) is 17.1. The number of urea groups is 1. The Labute approximate surface area is 141 Å². The molecule has 24 heavy (non-hydrogen) atoms. The predicted octanol–water partition coefficient (Wildman–Crippen LogP) is 3.13. The van der Waals surface area contributed by atoms with Crippen LogP contribution in [0.2, 0.25) is 0 Å². The van der Waals surface area contributed by atoms with Crippen molar-refractivity contribution >= 4 is 23.3 Å². The van der Waals surface area contributed by atoms with Crippen LogP contribution in [-0.2, 0) is 11.2 Å². The van der Waals surface area contributed by atoms with Gasteiger partial charge in [-0.3, -0.25) is 9.69 Å². The quantitative estimate of drug-likeness (QED) is 0.919. The van der Waals surface area contributed by atoms with Gasteiger partial charge >= 0.3 is 6.03 Å². The zero-order chi connectivity index (χ0) is 16.9. The first-order chi connectivity index (χ1) is 11.7. The fraction of sp³-hybridized carbons (Fsp3) is 0.263. The zero-order valence-electron chi connectivity index (χ0n) is 13.7. The average Bonchev–Trinajstić information content (AvgIpc) is 2.97. The van der Waals surface area contributed by atoms with Gasteiger partial charge in [-0.15, -0.1) is 0 Å². The van der Waals surface area contributed by atoms with Gasteiger partial charge in [0.25, 0.3) is 0 Å². The molecule has 2 aromatic carbocycles. The second kappa shape index (κ2) is 7.17. The van der Waals surface area contributed by atoms with E-state index in [0.29, 0.717) is 13.1 Å². The van der Waals surface area contributed by atoms with E-state index in [2.05, 4.69) is 5.32 Å². The number of anilines is 2. The van der Waals surface area contributed by atoms with Crippen molar-refractivity contribution in [2.24, 2.45) is 0 Å². The van der Waals surface area contributed by atoms with Crippen molar-refractivity contribution in [1.82, 2.24) is 4.90 Å². The minimum Gasteiger partial charge on any atom is -0.324 e. The molecule has 1 heterocycles. The Hall–Kier alpha value is -2.82. The summed E-state index contributed by atoms with van der Waals surface area (Å²) >= 11 is 0. The van der Waals surface area contributed by atoms with E-state index in [1.54, 1.807) is 9.80 Å². The molecule has 0 unspecified atom stereocenters. The van der Waals surface area contributed by atoms with Crippen LogP contribution in [0.25, 0.3) is 0 Å². The predicted molar refractivity (Wildman–Crippen MR) is 95.2 cm³/mol. The third kappa shape index (κ3) is 3.40. The number of amides is 3. The molecule has 1 aliphatic heterocycles. The molecule has 2 aromatic rings. The number of hydrogen-bond donors (Lipinski definition) is 1. The molecule has 5 heteroatoms. The van der Waals surface area contributed by atoms with Gasteiger partial charge in [0.05, 0.1) is 0 Å². The first-order valence-corrected chi connectivity index (χ1v) is 8.18. The highest BCUT2D eigenvalue weighted by Crippen LogP contribution is 2.20. The Kier molecular flexibility index (Phi) is 4.79. The minimum absolute atomic E-state index is 0.0697. The van der Waals surface area contributed by atoms with Crippen molar-refractivity contribution in [2.75, 3.05) is 29.9 Å². The molecule has 1 fully saturated rings. The molecule has 0 atom stereocenters. The van der Waals surface area contributed by atoms with Crippen molar-refractivity contribution in [2.45, 2.75) is 13.3 Å². The molecule has 1 saturated heterocycles. The topological polar surface area (TPSA) is 52.7 Å². The highest BCUT2D eigenvalue weighted by Gasteiger charge is 2.30. The van der Waals surface area contributed by atoms with Crippen LogP contribution in [-0.4, -0.2) is 36.5 Å². The lowest BCUT2D eigenvalue weighted by molar-refractivity contribution is -0.116. The van der Waals surface area contributed by atoms with E-state index >= 15 is 0 Å². The van der Waals surface area contributed by atoms with Gasteiger partial charge in [0.1, 0.15) is 6.54 Å². The summed E-state index contributed by atoms with van der Waals surface area (Å²) in [6.45, 7) is 3.27. The molecule has 1 aliphatic rings. The lowest BCUT2D eigenvalue weighted by Gasteiger charge is -2.18. The van der Waals surface area contributed by atoms with E-state index in [-0.39, 0.29) is 18.5 Å². The molecular formula is C19H21N3O2. The van der Waals surface area contributed by atoms with Crippen LogP contribution in [0.15, 0.2) is 54.6 Å². The molecule has 124 valence electrons. The number of nitrogens with zero attached hydrogens (tertiary/aromatic N) is 2. The summed E-state index contributed by atoms with van der Waals surface area (Å²) in [5.41, 5.74) is 2.77. The van der Waals surface area contributed by atoms with Gasteiger partial charge in [0.15, 0.2) is 0 Å². The standard InChI is InChI=1S/C19H21N3O2/c1-2-15-8-6-7-11-17(15)20-18(23)14-21-12-13-22(19(21)24)16-9-4-3-5-10-16/h3-11H,2,12-14H2,1H3,(H,20,23). The smallest absolute Gasteiger partial charge is 0.324 e. The van der Waals surface area contributed by atoms with E-state index in [1.807, 2.05) is 61.5 Å². The Morgan fingerprint density at radius 1 is 1.04 bits per heavy atom. The van der Waals surface area contributed by atoms with Crippen LogP contribution in [0.1, 0.15) is 12.5 Å². The van der Waals surface area contributed by atoms with Gasteiger partial charge in [-0.2, -0.15) is 0 Å². The number of rotatable bonds is 5. The van der Waals surface area contributed by atoms with Crippen molar-refractivity contribution in [3.63, 3.8) is 0 Å². The lowest BCUT2D eigenvalue weighted by Crippen LogP contribution is -2.37. The zero-order valence-corrected chi connectivity index (χ0v) is 13.7. The summed E-state index contributed by atoms with van der Waals surface area (Å²) in [6.07, 6.45) is 0.848.